The van der Waals surface area contributed by atoms with Crippen molar-refractivity contribution in [1.29, 1.82) is 0 Å². The first kappa shape index (κ1) is 21.4. The van der Waals surface area contributed by atoms with Crippen molar-refractivity contribution >= 4 is 30.1 Å². The predicted octanol–water partition coefficient (Wildman–Crippen LogP) is 1.87. The molecule has 0 fully saturated rings. The molecule has 0 spiro atoms. The number of rotatable bonds is 8. The van der Waals surface area contributed by atoms with Gasteiger partial charge in [-0.05, 0) is 17.9 Å². The van der Waals surface area contributed by atoms with Crippen molar-refractivity contribution in [1.82, 2.24) is 25.3 Å². The number of nitrogens with zero attached hydrogens (tertiary/aromatic N) is 4. The third-order valence-corrected chi connectivity index (χ3v) is 4.12. The molecule has 0 radical (unpaired) electrons. The maximum Gasteiger partial charge on any atom is 0.270 e. The van der Waals surface area contributed by atoms with E-state index in [4.69, 9.17) is 5.73 Å². The van der Waals surface area contributed by atoms with Gasteiger partial charge in [0.05, 0.1) is 5.69 Å². The molecule has 0 aliphatic carbocycles. The zero-order valence-corrected chi connectivity index (χ0v) is 16.4. The number of nitrogens with one attached hydrogen (secondary N) is 1. The highest BCUT2D eigenvalue weighted by atomic mass is 35.5. The number of amides is 1. The van der Waals surface area contributed by atoms with Crippen LogP contribution in [0.3, 0.4) is 0 Å². The molecule has 0 aliphatic rings. The van der Waals surface area contributed by atoms with E-state index in [0.717, 1.165) is 17.0 Å². The lowest BCUT2D eigenvalue weighted by molar-refractivity contribution is 0.0925. The summed E-state index contributed by atoms with van der Waals surface area (Å²) in [6.45, 7) is 5.66. The number of halogens is 1. The molecular weight excluding hydrogens is 360 g/mol. The largest absolute Gasteiger partial charge is 0.350 e. The molecule has 7 nitrogen and oxygen atoms in total. The molecule has 0 unspecified atom stereocenters. The van der Waals surface area contributed by atoms with E-state index >= 15 is 0 Å². The molecule has 2 heterocycles. The third kappa shape index (κ3) is 6.30. The van der Waals surface area contributed by atoms with Crippen LogP contribution in [0.25, 0.3) is 0 Å². The van der Waals surface area contributed by atoms with Gasteiger partial charge in [-0.2, -0.15) is 11.8 Å². The van der Waals surface area contributed by atoms with Gasteiger partial charge in [0.25, 0.3) is 5.91 Å². The number of thioether (sulfide) groups is 1. The van der Waals surface area contributed by atoms with Crippen molar-refractivity contribution in [2.75, 3.05) is 12.8 Å². The van der Waals surface area contributed by atoms with Crippen LogP contribution in [-0.4, -0.2) is 38.7 Å². The Morgan fingerprint density at radius 1 is 1.44 bits per heavy atom. The van der Waals surface area contributed by atoms with Gasteiger partial charge in [-0.1, -0.05) is 25.1 Å². The summed E-state index contributed by atoms with van der Waals surface area (Å²) in [6, 6.07) is 3.79. The molecule has 25 heavy (non-hydrogen) atoms. The van der Waals surface area contributed by atoms with Crippen LogP contribution in [0.2, 0.25) is 0 Å². The van der Waals surface area contributed by atoms with Gasteiger partial charge in [-0.25, -0.2) is 0 Å². The van der Waals surface area contributed by atoms with Gasteiger partial charge in [-0.3, -0.25) is 14.5 Å². The van der Waals surface area contributed by atoms with Crippen LogP contribution in [0.5, 0.6) is 0 Å². The minimum Gasteiger partial charge on any atom is -0.350 e. The fourth-order valence-electron chi connectivity index (χ4n) is 2.32. The maximum absolute atomic E-state index is 12.5. The molecule has 0 saturated carbocycles. The average molecular weight is 385 g/mol. The number of hydrogen-bond acceptors (Lipinski definition) is 6. The first-order valence-electron chi connectivity index (χ1n) is 7.75. The molecule has 1 amide bonds. The fourth-order valence-corrected chi connectivity index (χ4v) is 2.87. The van der Waals surface area contributed by atoms with E-state index in [2.05, 4.69) is 34.5 Å². The molecular formula is C16H25ClN6OS. The number of hydrogen-bond donors (Lipinski definition) is 2. The van der Waals surface area contributed by atoms with Gasteiger partial charge in [0.15, 0.2) is 0 Å². The maximum atomic E-state index is 12.5. The summed E-state index contributed by atoms with van der Waals surface area (Å²) in [6.07, 6.45) is 5.48. The highest BCUT2D eigenvalue weighted by Gasteiger charge is 2.22. The lowest BCUT2D eigenvalue weighted by Gasteiger charge is -2.24. The van der Waals surface area contributed by atoms with Crippen LogP contribution in [0.4, 0.5) is 0 Å². The molecule has 2 aromatic heterocycles. The first-order valence-corrected chi connectivity index (χ1v) is 9.14. The Morgan fingerprint density at radius 2 is 2.20 bits per heavy atom. The number of carbonyl (C=O) groups excluding carboxylic acids is 1. The van der Waals surface area contributed by atoms with Gasteiger partial charge in [0.1, 0.15) is 5.69 Å². The molecule has 2 aromatic rings. The number of carbonyl (C=O) groups is 1. The number of aromatic nitrogens is 4. The second-order valence-electron chi connectivity index (χ2n) is 6.40. The van der Waals surface area contributed by atoms with Crippen LogP contribution < -0.4 is 11.1 Å². The Bertz CT molecular complexity index is 691. The summed E-state index contributed by atoms with van der Waals surface area (Å²) in [5.41, 5.74) is 7.57. The lowest BCUT2D eigenvalue weighted by atomic mass is 9.93. The van der Waals surface area contributed by atoms with Crippen molar-refractivity contribution in [3.8, 4) is 0 Å². The van der Waals surface area contributed by atoms with Crippen molar-refractivity contribution in [2.24, 2.45) is 11.1 Å². The molecule has 0 bridgehead atoms. The highest BCUT2D eigenvalue weighted by Crippen LogP contribution is 2.17. The van der Waals surface area contributed by atoms with Crippen LogP contribution >= 0.6 is 24.2 Å². The van der Waals surface area contributed by atoms with Crippen molar-refractivity contribution in [3.63, 3.8) is 0 Å². The standard InChI is InChI=1S/C16H24N6OS.ClH/c1-16(2,11-22-8-13(7-17)20-21-22)10-19-15(23)14-12(9-24-3)5-4-6-18-14;/h4-6,8H,7,9-11,17H2,1-3H3,(H,19,23);1H. The van der Waals surface area contributed by atoms with Gasteiger partial charge in [0, 0.05) is 43.2 Å². The molecule has 0 atom stereocenters. The zero-order chi connectivity index (χ0) is 17.6. The fraction of sp³-hybridized carbons (Fsp3) is 0.500. The summed E-state index contributed by atoms with van der Waals surface area (Å²) in [5.74, 6) is 0.620. The molecule has 2 rings (SSSR count). The second kappa shape index (κ2) is 9.74. The summed E-state index contributed by atoms with van der Waals surface area (Å²) >= 11 is 1.67. The van der Waals surface area contributed by atoms with Crippen molar-refractivity contribution in [3.05, 3.63) is 41.5 Å². The van der Waals surface area contributed by atoms with Crippen LogP contribution in [0.15, 0.2) is 24.5 Å². The summed E-state index contributed by atoms with van der Waals surface area (Å²) in [7, 11) is 0. The Hall–Kier alpha value is -1.64. The molecule has 0 aromatic carbocycles. The second-order valence-corrected chi connectivity index (χ2v) is 7.27. The van der Waals surface area contributed by atoms with E-state index < -0.39 is 0 Å². The SMILES string of the molecule is CSCc1cccnc1C(=O)NCC(C)(C)Cn1cc(CN)nn1.Cl. The minimum atomic E-state index is -0.177. The van der Waals surface area contributed by atoms with E-state index in [1.807, 2.05) is 24.6 Å². The van der Waals surface area contributed by atoms with Crippen LogP contribution in [0, 0.1) is 5.41 Å². The van der Waals surface area contributed by atoms with E-state index in [9.17, 15) is 4.79 Å². The van der Waals surface area contributed by atoms with Crippen molar-refractivity contribution < 1.29 is 4.79 Å². The van der Waals surface area contributed by atoms with Gasteiger partial charge in [0.2, 0.25) is 0 Å². The first-order chi connectivity index (χ1) is 11.4. The molecule has 3 N–H and O–H groups in total. The van der Waals surface area contributed by atoms with Gasteiger partial charge >= 0.3 is 0 Å². The molecule has 138 valence electrons. The van der Waals surface area contributed by atoms with Crippen LogP contribution in [0.1, 0.15) is 35.6 Å². The van der Waals surface area contributed by atoms with Gasteiger partial charge < -0.3 is 11.1 Å². The topological polar surface area (TPSA) is 98.7 Å². The Morgan fingerprint density at radius 3 is 2.84 bits per heavy atom. The van der Waals surface area contributed by atoms with E-state index in [1.54, 1.807) is 22.6 Å². The zero-order valence-electron chi connectivity index (χ0n) is 14.7. The van der Waals surface area contributed by atoms with E-state index in [1.165, 1.54) is 0 Å². The lowest BCUT2D eigenvalue weighted by Crippen LogP contribution is -2.37. The minimum absolute atomic E-state index is 0. The monoisotopic (exact) mass is 384 g/mol. The van der Waals surface area contributed by atoms with E-state index in [-0.39, 0.29) is 23.7 Å². The summed E-state index contributed by atoms with van der Waals surface area (Å²) in [4.78, 5) is 16.7. The average Bonchev–Trinajstić information content (AvgIpc) is 3.00. The van der Waals surface area contributed by atoms with Crippen LogP contribution in [-0.2, 0) is 18.8 Å². The Balaban J connectivity index is 0.00000312. The quantitative estimate of drug-likeness (QED) is 0.720. The third-order valence-electron chi connectivity index (χ3n) is 3.52. The highest BCUT2D eigenvalue weighted by molar-refractivity contribution is 7.97. The number of nitrogens with two attached hydrogens (primary N) is 1. The molecule has 9 heteroatoms. The predicted molar refractivity (Wildman–Crippen MR) is 103 cm³/mol. The normalized spacial score (nSPS) is 11.0. The van der Waals surface area contributed by atoms with E-state index in [0.29, 0.717) is 25.3 Å². The Kier molecular flexibility index (Phi) is 8.34. The molecule has 0 aliphatic heterocycles. The molecule has 0 saturated heterocycles. The Labute approximate surface area is 158 Å². The van der Waals surface area contributed by atoms with Gasteiger partial charge in [-0.15, -0.1) is 17.5 Å². The van der Waals surface area contributed by atoms with Crippen molar-refractivity contribution in [2.45, 2.75) is 32.7 Å². The number of pyridine rings is 1. The smallest absolute Gasteiger partial charge is 0.270 e. The summed E-state index contributed by atoms with van der Waals surface area (Å²) < 4.78 is 1.76. The summed E-state index contributed by atoms with van der Waals surface area (Å²) in [5, 5.41) is 11.0.